The van der Waals surface area contributed by atoms with Crippen LogP contribution in [0.1, 0.15) is 26.3 Å². The number of amides is 2. The normalized spacial score (nSPS) is 10.2. The molecule has 1 aromatic heterocycles. The molecule has 0 aliphatic rings. The van der Waals surface area contributed by atoms with E-state index in [0.29, 0.717) is 22.3 Å². The van der Waals surface area contributed by atoms with Crippen molar-refractivity contribution in [2.24, 2.45) is 5.73 Å². The lowest BCUT2D eigenvalue weighted by Crippen LogP contribution is -2.26. The third-order valence-corrected chi connectivity index (χ3v) is 3.45. The topological polar surface area (TPSA) is 76.3 Å². The van der Waals surface area contributed by atoms with E-state index < -0.39 is 5.91 Å². The van der Waals surface area contributed by atoms with Crippen molar-refractivity contribution < 1.29 is 9.59 Å². The molecule has 2 aromatic rings. The zero-order valence-corrected chi connectivity index (χ0v) is 13.0. The fourth-order valence-electron chi connectivity index (χ4n) is 1.84. The Hall–Kier alpha value is -2.21. The highest BCUT2D eigenvalue weighted by molar-refractivity contribution is 9.10. The molecule has 0 saturated carbocycles. The van der Waals surface area contributed by atoms with Gasteiger partial charge in [0, 0.05) is 25.4 Å². The summed E-state index contributed by atoms with van der Waals surface area (Å²) in [5.74, 6) is -0.583. The monoisotopic (exact) mass is 347 g/mol. The molecule has 0 spiro atoms. The zero-order chi connectivity index (χ0) is 15.4. The molecule has 0 saturated heterocycles. The number of primary amides is 1. The second kappa shape index (κ2) is 6.49. The van der Waals surface area contributed by atoms with Gasteiger partial charge in [-0.3, -0.25) is 9.59 Å². The Kier molecular flexibility index (Phi) is 4.70. The number of halogens is 1. The summed E-state index contributed by atoms with van der Waals surface area (Å²) in [5.41, 5.74) is 7.08. The maximum absolute atomic E-state index is 12.2. The van der Waals surface area contributed by atoms with Crippen LogP contribution in [0.15, 0.2) is 47.2 Å². The molecule has 1 heterocycles. The minimum absolute atomic E-state index is 0.117. The Balaban J connectivity index is 2.06. The van der Waals surface area contributed by atoms with Crippen LogP contribution in [-0.4, -0.2) is 28.7 Å². The van der Waals surface area contributed by atoms with Crippen LogP contribution in [0.25, 0.3) is 0 Å². The molecule has 5 nitrogen and oxygen atoms in total. The standard InChI is InChI=1S/C15H14BrN3O2/c1-19(15(21)12-6-7-13(16)18-8-12)9-10-2-4-11(5-3-10)14(17)20/h2-8H,9H2,1H3,(H2,17,20). The molecule has 2 N–H and O–H groups in total. The van der Waals surface area contributed by atoms with Gasteiger partial charge in [0.1, 0.15) is 4.60 Å². The highest BCUT2D eigenvalue weighted by Gasteiger charge is 2.12. The number of pyridine rings is 1. The average molecular weight is 348 g/mol. The van der Waals surface area contributed by atoms with E-state index in [2.05, 4.69) is 20.9 Å². The van der Waals surface area contributed by atoms with E-state index in [9.17, 15) is 9.59 Å². The Morgan fingerprint density at radius 2 is 1.76 bits per heavy atom. The first-order valence-corrected chi connectivity index (χ1v) is 7.02. The highest BCUT2D eigenvalue weighted by atomic mass is 79.9. The van der Waals surface area contributed by atoms with Gasteiger partial charge in [0.25, 0.3) is 5.91 Å². The van der Waals surface area contributed by atoms with E-state index in [1.807, 2.05) is 0 Å². The number of hydrogen-bond donors (Lipinski definition) is 1. The van der Waals surface area contributed by atoms with Gasteiger partial charge >= 0.3 is 0 Å². The molecule has 0 aliphatic carbocycles. The Morgan fingerprint density at radius 3 is 2.29 bits per heavy atom. The molecule has 0 radical (unpaired) electrons. The molecule has 1 aromatic carbocycles. The Morgan fingerprint density at radius 1 is 1.14 bits per heavy atom. The lowest BCUT2D eigenvalue weighted by molar-refractivity contribution is 0.0784. The summed E-state index contributed by atoms with van der Waals surface area (Å²) in [5, 5.41) is 0. The maximum Gasteiger partial charge on any atom is 0.255 e. The third-order valence-electron chi connectivity index (χ3n) is 2.98. The van der Waals surface area contributed by atoms with Crippen LogP contribution in [0.4, 0.5) is 0 Å². The minimum atomic E-state index is -0.466. The number of rotatable bonds is 4. The van der Waals surface area contributed by atoms with Crippen molar-refractivity contribution in [3.05, 3.63) is 63.9 Å². The van der Waals surface area contributed by atoms with Gasteiger partial charge in [-0.25, -0.2) is 4.98 Å². The molecule has 0 bridgehead atoms. The van der Waals surface area contributed by atoms with Gasteiger partial charge in [-0.1, -0.05) is 12.1 Å². The van der Waals surface area contributed by atoms with Crippen LogP contribution in [0, 0.1) is 0 Å². The number of nitrogens with two attached hydrogens (primary N) is 1. The summed E-state index contributed by atoms with van der Waals surface area (Å²) in [6.45, 7) is 0.438. The van der Waals surface area contributed by atoms with Crippen molar-refractivity contribution in [1.29, 1.82) is 0 Å². The fourth-order valence-corrected chi connectivity index (χ4v) is 2.08. The van der Waals surface area contributed by atoms with E-state index >= 15 is 0 Å². The van der Waals surface area contributed by atoms with Gasteiger partial charge in [0.05, 0.1) is 5.56 Å². The van der Waals surface area contributed by atoms with Crippen molar-refractivity contribution in [2.75, 3.05) is 7.05 Å². The molecule has 0 unspecified atom stereocenters. The van der Waals surface area contributed by atoms with Gasteiger partial charge in [0.2, 0.25) is 5.91 Å². The molecular weight excluding hydrogens is 334 g/mol. The summed E-state index contributed by atoms with van der Waals surface area (Å²) in [6, 6.07) is 10.3. The number of hydrogen-bond acceptors (Lipinski definition) is 3. The molecule has 2 rings (SSSR count). The van der Waals surface area contributed by atoms with Gasteiger partial charge in [0.15, 0.2) is 0 Å². The molecule has 6 heteroatoms. The largest absolute Gasteiger partial charge is 0.366 e. The maximum atomic E-state index is 12.2. The van der Waals surface area contributed by atoms with E-state index in [1.54, 1.807) is 48.3 Å². The summed E-state index contributed by atoms with van der Waals surface area (Å²) < 4.78 is 0.684. The average Bonchev–Trinajstić information content (AvgIpc) is 2.47. The molecule has 0 fully saturated rings. The Labute approximate surface area is 130 Å². The number of carbonyl (C=O) groups is 2. The molecular formula is C15H14BrN3O2. The fraction of sp³-hybridized carbons (Fsp3) is 0.133. The SMILES string of the molecule is CN(Cc1ccc(C(N)=O)cc1)C(=O)c1ccc(Br)nc1. The van der Waals surface area contributed by atoms with Crippen molar-refractivity contribution >= 4 is 27.7 Å². The summed E-state index contributed by atoms with van der Waals surface area (Å²) in [7, 11) is 1.71. The van der Waals surface area contributed by atoms with E-state index in [4.69, 9.17) is 5.73 Å². The van der Waals surface area contributed by atoms with Crippen LogP contribution in [-0.2, 0) is 6.54 Å². The minimum Gasteiger partial charge on any atom is -0.366 e. The summed E-state index contributed by atoms with van der Waals surface area (Å²) in [6.07, 6.45) is 1.53. The first-order chi connectivity index (χ1) is 9.97. The summed E-state index contributed by atoms with van der Waals surface area (Å²) in [4.78, 5) is 28.9. The molecule has 0 atom stereocenters. The predicted octanol–water partition coefficient (Wildman–Crippen LogP) is 2.22. The van der Waals surface area contributed by atoms with Crippen molar-refractivity contribution in [1.82, 2.24) is 9.88 Å². The van der Waals surface area contributed by atoms with Crippen LogP contribution < -0.4 is 5.73 Å². The Bertz CT molecular complexity index is 654. The first kappa shape index (κ1) is 15.2. The second-order valence-electron chi connectivity index (χ2n) is 4.59. The molecule has 108 valence electrons. The smallest absolute Gasteiger partial charge is 0.255 e. The van der Waals surface area contributed by atoms with Crippen LogP contribution in [0.3, 0.4) is 0 Å². The van der Waals surface area contributed by atoms with Crippen LogP contribution >= 0.6 is 15.9 Å². The van der Waals surface area contributed by atoms with E-state index in [1.165, 1.54) is 6.20 Å². The zero-order valence-electron chi connectivity index (χ0n) is 11.4. The van der Waals surface area contributed by atoms with Crippen molar-refractivity contribution in [3.8, 4) is 0 Å². The number of carbonyl (C=O) groups excluding carboxylic acids is 2. The number of aromatic nitrogens is 1. The molecule has 2 amide bonds. The predicted molar refractivity (Wildman–Crippen MR) is 82.7 cm³/mol. The van der Waals surface area contributed by atoms with Crippen LogP contribution in [0.5, 0.6) is 0 Å². The lowest BCUT2D eigenvalue weighted by atomic mass is 10.1. The van der Waals surface area contributed by atoms with Gasteiger partial charge in [-0.2, -0.15) is 0 Å². The summed E-state index contributed by atoms with van der Waals surface area (Å²) >= 11 is 3.23. The first-order valence-electron chi connectivity index (χ1n) is 6.23. The van der Waals surface area contributed by atoms with Gasteiger partial charge in [-0.15, -0.1) is 0 Å². The number of benzene rings is 1. The van der Waals surface area contributed by atoms with Gasteiger partial charge in [-0.05, 0) is 45.8 Å². The lowest BCUT2D eigenvalue weighted by Gasteiger charge is -2.17. The number of nitrogens with zero attached hydrogens (tertiary/aromatic N) is 2. The second-order valence-corrected chi connectivity index (χ2v) is 5.40. The van der Waals surface area contributed by atoms with Gasteiger partial charge < -0.3 is 10.6 Å². The molecule has 0 aliphatic heterocycles. The van der Waals surface area contributed by atoms with Crippen molar-refractivity contribution in [2.45, 2.75) is 6.54 Å². The van der Waals surface area contributed by atoms with Crippen LogP contribution in [0.2, 0.25) is 0 Å². The quantitative estimate of drug-likeness (QED) is 0.861. The third kappa shape index (κ3) is 3.88. The van der Waals surface area contributed by atoms with E-state index in [-0.39, 0.29) is 5.91 Å². The molecule has 21 heavy (non-hydrogen) atoms. The van der Waals surface area contributed by atoms with E-state index in [0.717, 1.165) is 5.56 Å². The highest BCUT2D eigenvalue weighted by Crippen LogP contribution is 2.11. The van der Waals surface area contributed by atoms with Crippen molar-refractivity contribution in [3.63, 3.8) is 0 Å².